The quantitative estimate of drug-likeness (QED) is 0.869. The van der Waals surface area contributed by atoms with E-state index < -0.39 is 27.1 Å². The SMILES string of the molecule is CC(CN)S(=O)(=O)Nc1ccc(C(F)(F)F)nc1. The minimum absolute atomic E-state index is 0.0386. The van der Waals surface area contributed by atoms with Crippen molar-refractivity contribution >= 4 is 15.7 Å². The molecule has 0 aliphatic rings. The van der Waals surface area contributed by atoms with Gasteiger partial charge >= 0.3 is 6.18 Å². The highest BCUT2D eigenvalue weighted by Crippen LogP contribution is 2.27. The zero-order valence-electron chi connectivity index (χ0n) is 9.40. The number of halogens is 3. The molecule has 0 bridgehead atoms. The van der Waals surface area contributed by atoms with Crippen molar-refractivity contribution in [2.45, 2.75) is 18.3 Å². The maximum absolute atomic E-state index is 12.2. The van der Waals surface area contributed by atoms with Crippen LogP contribution in [0.1, 0.15) is 12.6 Å². The van der Waals surface area contributed by atoms with Crippen molar-refractivity contribution in [3.8, 4) is 0 Å². The van der Waals surface area contributed by atoms with E-state index in [2.05, 4.69) is 9.71 Å². The highest BCUT2D eigenvalue weighted by atomic mass is 32.2. The first kappa shape index (κ1) is 14.7. The lowest BCUT2D eigenvalue weighted by atomic mass is 10.3. The van der Waals surface area contributed by atoms with Gasteiger partial charge in [-0.1, -0.05) is 0 Å². The number of rotatable bonds is 4. The van der Waals surface area contributed by atoms with E-state index in [4.69, 9.17) is 5.73 Å². The van der Waals surface area contributed by atoms with Gasteiger partial charge in [-0.2, -0.15) is 13.2 Å². The van der Waals surface area contributed by atoms with Gasteiger partial charge in [0.15, 0.2) is 0 Å². The van der Waals surface area contributed by atoms with E-state index in [1.165, 1.54) is 6.92 Å². The molecule has 0 saturated carbocycles. The fourth-order valence-corrected chi connectivity index (χ4v) is 1.92. The second-order valence-electron chi connectivity index (χ2n) is 3.62. The van der Waals surface area contributed by atoms with Crippen LogP contribution in [0.5, 0.6) is 0 Å². The molecule has 1 unspecified atom stereocenters. The lowest BCUT2D eigenvalue weighted by Crippen LogP contribution is -2.31. The molecule has 1 heterocycles. The van der Waals surface area contributed by atoms with E-state index in [9.17, 15) is 21.6 Å². The van der Waals surface area contributed by atoms with Crippen LogP contribution in [-0.4, -0.2) is 25.2 Å². The zero-order chi connectivity index (χ0) is 14.0. The van der Waals surface area contributed by atoms with E-state index in [-0.39, 0.29) is 12.2 Å². The summed E-state index contributed by atoms with van der Waals surface area (Å²) in [5.74, 6) is 0. The molecule has 0 radical (unpaired) electrons. The largest absolute Gasteiger partial charge is 0.433 e. The fourth-order valence-electron chi connectivity index (χ4n) is 1.01. The van der Waals surface area contributed by atoms with E-state index in [0.29, 0.717) is 6.07 Å². The van der Waals surface area contributed by atoms with Gasteiger partial charge in [0.25, 0.3) is 0 Å². The van der Waals surface area contributed by atoms with Gasteiger partial charge in [0.2, 0.25) is 10.0 Å². The van der Waals surface area contributed by atoms with Crippen LogP contribution in [0.25, 0.3) is 0 Å². The average Bonchev–Trinajstić information content (AvgIpc) is 2.26. The molecular formula is C9H12F3N3O2S. The number of hydrogen-bond donors (Lipinski definition) is 2. The number of pyridine rings is 1. The monoisotopic (exact) mass is 283 g/mol. The Hall–Kier alpha value is -1.35. The number of alkyl halides is 3. The Kier molecular flexibility index (Phi) is 4.17. The van der Waals surface area contributed by atoms with Crippen LogP contribution in [-0.2, 0) is 16.2 Å². The molecule has 5 nitrogen and oxygen atoms in total. The predicted molar refractivity (Wildman–Crippen MR) is 60.3 cm³/mol. The summed E-state index contributed by atoms with van der Waals surface area (Å²) in [6, 6.07) is 1.70. The lowest BCUT2D eigenvalue weighted by molar-refractivity contribution is -0.141. The number of nitrogens with one attached hydrogen (secondary N) is 1. The average molecular weight is 283 g/mol. The molecule has 0 saturated heterocycles. The summed E-state index contributed by atoms with van der Waals surface area (Å²) in [6.45, 7) is 1.29. The number of nitrogens with zero attached hydrogens (tertiary/aromatic N) is 1. The molecule has 0 aromatic carbocycles. The Morgan fingerprint density at radius 1 is 1.44 bits per heavy atom. The lowest BCUT2D eigenvalue weighted by Gasteiger charge is -2.13. The molecule has 0 amide bonds. The van der Waals surface area contributed by atoms with Crippen LogP contribution < -0.4 is 10.5 Å². The summed E-state index contributed by atoms with van der Waals surface area (Å²) in [7, 11) is -3.71. The molecule has 102 valence electrons. The van der Waals surface area contributed by atoms with Crippen LogP contribution in [0, 0.1) is 0 Å². The van der Waals surface area contributed by atoms with Gasteiger partial charge in [0.05, 0.1) is 17.1 Å². The third-order valence-electron chi connectivity index (χ3n) is 2.18. The number of hydrogen-bond acceptors (Lipinski definition) is 4. The Morgan fingerprint density at radius 2 is 2.06 bits per heavy atom. The van der Waals surface area contributed by atoms with Crippen LogP contribution in [0.15, 0.2) is 18.3 Å². The molecular weight excluding hydrogens is 271 g/mol. The normalized spacial score (nSPS) is 14.3. The van der Waals surface area contributed by atoms with Crippen molar-refractivity contribution in [3.05, 3.63) is 24.0 Å². The molecule has 1 atom stereocenters. The Bertz CT molecular complexity index is 499. The van der Waals surface area contributed by atoms with E-state index >= 15 is 0 Å². The van der Waals surface area contributed by atoms with Crippen LogP contribution >= 0.6 is 0 Å². The summed E-state index contributed by atoms with van der Waals surface area (Å²) in [5.41, 5.74) is 4.09. The first-order chi connectivity index (χ1) is 8.16. The first-order valence-electron chi connectivity index (χ1n) is 4.92. The van der Waals surface area contributed by atoms with Crippen LogP contribution in [0.3, 0.4) is 0 Å². The standard InChI is InChI=1S/C9H12F3N3O2S/c1-6(4-13)18(16,17)15-7-2-3-8(14-5-7)9(10,11)12/h2-3,5-6,15H,4,13H2,1H3. The van der Waals surface area contributed by atoms with Crippen molar-refractivity contribution in [2.24, 2.45) is 5.73 Å². The third kappa shape index (κ3) is 3.57. The van der Waals surface area contributed by atoms with Gasteiger partial charge in [-0.25, -0.2) is 13.4 Å². The predicted octanol–water partition coefficient (Wildman–Crippen LogP) is 1.19. The maximum atomic E-state index is 12.2. The smallest absolute Gasteiger partial charge is 0.329 e. The zero-order valence-corrected chi connectivity index (χ0v) is 10.2. The van der Waals surface area contributed by atoms with Gasteiger partial charge in [-0.3, -0.25) is 4.72 Å². The minimum atomic E-state index is -4.55. The molecule has 0 aliphatic heterocycles. The topological polar surface area (TPSA) is 85.1 Å². The van der Waals surface area contributed by atoms with Crippen LogP contribution in [0.4, 0.5) is 18.9 Å². The first-order valence-corrected chi connectivity index (χ1v) is 6.46. The highest BCUT2D eigenvalue weighted by Gasteiger charge is 2.32. The van der Waals surface area contributed by atoms with Crippen LogP contribution in [0.2, 0.25) is 0 Å². The third-order valence-corrected chi connectivity index (χ3v) is 3.95. The summed E-state index contributed by atoms with van der Waals surface area (Å²) in [5, 5.41) is -0.847. The molecule has 1 aromatic rings. The Labute approximate surface area is 102 Å². The number of anilines is 1. The second kappa shape index (κ2) is 5.11. The Balaban J connectivity index is 2.89. The van der Waals surface area contributed by atoms with E-state index in [0.717, 1.165) is 12.3 Å². The van der Waals surface area contributed by atoms with Crippen molar-refractivity contribution in [1.29, 1.82) is 0 Å². The molecule has 3 N–H and O–H groups in total. The number of sulfonamides is 1. The van der Waals surface area contributed by atoms with E-state index in [1.54, 1.807) is 0 Å². The molecule has 0 spiro atoms. The van der Waals surface area contributed by atoms with Gasteiger partial charge < -0.3 is 5.73 Å². The van der Waals surface area contributed by atoms with Crippen molar-refractivity contribution in [3.63, 3.8) is 0 Å². The fraction of sp³-hybridized carbons (Fsp3) is 0.444. The van der Waals surface area contributed by atoms with Gasteiger partial charge in [-0.15, -0.1) is 0 Å². The number of nitrogens with two attached hydrogens (primary N) is 1. The number of aromatic nitrogens is 1. The molecule has 9 heteroatoms. The molecule has 0 fully saturated rings. The van der Waals surface area contributed by atoms with Gasteiger partial charge in [-0.05, 0) is 19.1 Å². The molecule has 18 heavy (non-hydrogen) atoms. The second-order valence-corrected chi connectivity index (χ2v) is 5.72. The van der Waals surface area contributed by atoms with Crippen molar-refractivity contribution < 1.29 is 21.6 Å². The minimum Gasteiger partial charge on any atom is -0.329 e. The summed E-state index contributed by atoms with van der Waals surface area (Å²) in [6.07, 6.45) is -3.74. The molecule has 0 aliphatic carbocycles. The maximum Gasteiger partial charge on any atom is 0.433 e. The summed E-state index contributed by atoms with van der Waals surface area (Å²) in [4.78, 5) is 3.14. The van der Waals surface area contributed by atoms with Gasteiger partial charge in [0, 0.05) is 6.54 Å². The molecule has 1 aromatic heterocycles. The van der Waals surface area contributed by atoms with E-state index in [1.807, 2.05) is 0 Å². The molecule has 1 rings (SSSR count). The summed E-state index contributed by atoms with van der Waals surface area (Å²) >= 11 is 0. The summed E-state index contributed by atoms with van der Waals surface area (Å²) < 4.78 is 61.9. The van der Waals surface area contributed by atoms with Crippen molar-refractivity contribution in [2.75, 3.05) is 11.3 Å². The highest BCUT2D eigenvalue weighted by molar-refractivity contribution is 7.93. The Morgan fingerprint density at radius 3 is 2.44 bits per heavy atom. The van der Waals surface area contributed by atoms with Crippen molar-refractivity contribution in [1.82, 2.24) is 4.98 Å². The van der Waals surface area contributed by atoms with Gasteiger partial charge in [0.1, 0.15) is 5.69 Å².